The Hall–Kier alpha value is -1.46. The van der Waals surface area contributed by atoms with Crippen LogP contribution in [0.3, 0.4) is 0 Å². The molecule has 5 nitrogen and oxygen atoms in total. The van der Waals surface area contributed by atoms with Gasteiger partial charge >= 0.3 is 0 Å². The molecule has 2 heterocycles. The van der Waals surface area contributed by atoms with Gasteiger partial charge in [0.25, 0.3) is 0 Å². The summed E-state index contributed by atoms with van der Waals surface area (Å²) in [5, 5.41) is 16.3. The Kier molecular flexibility index (Phi) is 3.40. The van der Waals surface area contributed by atoms with Crippen LogP contribution in [0.25, 0.3) is 5.82 Å². The van der Waals surface area contributed by atoms with Crippen molar-refractivity contribution in [1.29, 1.82) is 0 Å². The van der Waals surface area contributed by atoms with E-state index in [9.17, 15) is 0 Å². The number of nitrogens with one attached hydrogen (secondary N) is 1. The Labute approximate surface area is 105 Å². The minimum atomic E-state index is 0.672. The molecule has 17 heavy (non-hydrogen) atoms. The van der Waals surface area contributed by atoms with Crippen molar-refractivity contribution in [3.05, 3.63) is 34.2 Å². The summed E-state index contributed by atoms with van der Waals surface area (Å²) in [6.45, 7) is 4.48. The van der Waals surface area contributed by atoms with Gasteiger partial charge in [0.05, 0.1) is 22.1 Å². The number of rotatable bonds is 3. The number of aryl methyl sites for hydroxylation is 1. The van der Waals surface area contributed by atoms with Gasteiger partial charge in [-0.05, 0) is 33.0 Å². The third-order valence-corrected chi connectivity index (χ3v) is 3.03. The van der Waals surface area contributed by atoms with Gasteiger partial charge < -0.3 is 5.32 Å². The lowest BCUT2D eigenvalue weighted by Gasteiger charge is -2.03. The molecule has 6 heteroatoms. The molecule has 0 atom stereocenters. The van der Waals surface area contributed by atoms with Gasteiger partial charge in [0.1, 0.15) is 0 Å². The van der Waals surface area contributed by atoms with Gasteiger partial charge in [0.2, 0.25) is 0 Å². The summed E-state index contributed by atoms with van der Waals surface area (Å²) in [5.74, 6) is 0.678. The van der Waals surface area contributed by atoms with E-state index >= 15 is 0 Å². The molecule has 0 saturated carbocycles. The molecule has 0 amide bonds. The fraction of sp³-hybridized carbons (Fsp3) is 0.364. The van der Waals surface area contributed by atoms with Crippen molar-refractivity contribution in [2.45, 2.75) is 20.4 Å². The van der Waals surface area contributed by atoms with E-state index in [1.807, 2.05) is 33.0 Å². The van der Waals surface area contributed by atoms with Crippen molar-refractivity contribution in [2.24, 2.45) is 0 Å². The molecule has 0 unspecified atom stereocenters. The fourth-order valence-electron chi connectivity index (χ4n) is 1.59. The maximum atomic E-state index is 6.09. The lowest BCUT2D eigenvalue weighted by Crippen LogP contribution is -2.09. The first kappa shape index (κ1) is 12.0. The van der Waals surface area contributed by atoms with Crippen LogP contribution in [-0.4, -0.2) is 27.0 Å². The zero-order valence-corrected chi connectivity index (χ0v) is 10.8. The number of aromatic nitrogens is 4. The summed E-state index contributed by atoms with van der Waals surface area (Å²) in [5.41, 5.74) is 2.56. The molecule has 0 radical (unpaired) electrons. The van der Waals surface area contributed by atoms with Gasteiger partial charge in [-0.2, -0.15) is 10.2 Å². The fourth-order valence-corrected chi connectivity index (χ4v) is 1.71. The Bertz CT molecular complexity index is 517. The van der Waals surface area contributed by atoms with Gasteiger partial charge in [-0.25, -0.2) is 4.68 Å². The van der Waals surface area contributed by atoms with Crippen LogP contribution in [0.15, 0.2) is 12.1 Å². The molecule has 0 saturated heterocycles. The molecule has 1 N–H and O–H groups in total. The van der Waals surface area contributed by atoms with Crippen LogP contribution in [0.2, 0.25) is 5.02 Å². The summed E-state index contributed by atoms with van der Waals surface area (Å²) in [6.07, 6.45) is 0. The van der Waals surface area contributed by atoms with Crippen LogP contribution in [0.1, 0.15) is 17.1 Å². The quantitative estimate of drug-likeness (QED) is 0.901. The van der Waals surface area contributed by atoms with Crippen LogP contribution in [-0.2, 0) is 6.54 Å². The van der Waals surface area contributed by atoms with Crippen LogP contribution < -0.4 is 5.32 Å². The highest BCUT2D eigenvalue weighted by Crippen LogP contribution is 2.21. The maximum absolute atomic E-state index is 6.09. The minimum absolute atomic E-state index is 0.672. The van der Waals surface area contributed by atoms with Crippen LogP contribution in [0.4, 0.5) is 0 Å². The lowest BCUT2D eigenvalue weighted by atomic mass is 10.3. The number of nitrogens with zero attached hydrogens (tertiary/aromatic N) is 4. The van der Waals surface area contributed by atoms with E-state index in [1.165, 1.54) is 0 Å². The molecule has 0 aliphatic carbocycles. The third kappa shape index (κ3) is 2.30. The topological polar surface area (TPSA) is 55.6 Å². The molecule has 0 aliphatic rings. The van der Waals surface area contributed by atoms with E-state index in [1.54, 1.807) is 4.68 Å². The highest BCUT2D eigenvalue weighted by molar-refractivity contribution is 6.31. The molecule has 0 aliphatic heterocycles. The van der Waals surface area contributed by atoms with Crippen molar-refractivity contribution in [3.8, 4) is 5.82 Å². The minimum Gasteiger partial charge on any atom is -0.314 e. The van der Waals surface area contributed by atoms with Crippen molar-refractivity contribution >= 4 is 11.6 Å². The first-order valence-corrected chi connectivity index (χ1v) is 5.70. The van der Waals surface area contributed by atoms with Crippen molar-refractivity contribution in [1.82, 2.24) is 25.3 Å². The zero-order chi connectivity index (χ0) is 12.4. The van der Waals surface area contributed by atoms with Gasteiger partial charge in [-0.3, -0.25) is 0 Å². The summed E-state index contributed by atoms with van der Waals surface area (Å²) < 4.78 is 1.70. The highest BCUT2D eigenvalue weighted by atomic mass is 35.5. The first-order chi connectivity index (χ1) is 8.13. The summed E-state index contributed by atoms with van der Waals surface area (Å²) in [4.78, 5) is 0. The normalized spacial score (nSPS) is 10.8. The smallest absolute Gasteiger partial charge is 0.175 e. The lowest BCUT2D eigenvalue weighted by molar-refractivity contribution is 0.735. The maximum Gasteiger partial charge on any atom is 0.175 e. The van der Waals surface area contributed by atoms with Gasteiger partial charge in [-0.1, -0.05) is 11.6 Å². The third-order valence-electron chi connectivity index (χ3n) is 2.48. The van der Waals surface area contributed by atoms with Crippen LogP contribution >= 0.6 is 11.6 Å². The molecule has 0 fully saturated rings. The predicted octanol–water partition coefficient (Wildman–Crippen LogP) is 1.65. The molecule has 90 valence electrons. The largest absolute Gasteiger partial charge is 0.314 e. The van der Waals surface area contributed by atoms with E-state index in [2.05, 4.69) is 20.6 Å². The molecule has 0 aromatic carbocycles. The van der Waals surface area contributed by atoms with Crippen molar-refractivity contribution in [2.75, 3.05) is 7.05 Å². The molecule has 2 aromatic rings. The van der Waals surface area contributed by atoms with Gasteiger partial charge in [0, 0.05) is 6.54 Å². The Morgan fingerprint density at radius 1 is 1.29 bits per heavy atom. The average Bonchev–Trinajstić information content (AvgIpc) is 2.59. The zero-order valence-electron chi connectivity index (χ0n) is 10.0. The molecule has 0 bridgehead atoms. The summed E-state index contributed by atoms with van der Waals surface area (Å²) in [7, 11) is 1.87. The van der Waals surface area contributed by atoms with E-state index in [0.717, 1.165) is 17.1 Å². The molecular formula is C11H14ClN5. The van der Waals surface area contributed by atoms with Crippen molar-refractivity contribution < 1.29 is 0 Å². The monoisotopic (exact) mass is 251 g/mol. The van der Waals surface area contributed by atoms with Gasteiger partial charge in [0.15, 0.2) is 5.82 Å². The van der Waals surface area contributed by atoms with Crippen LogP contribution in [0.5, 0.6) is 0 Å². The molecule has 2 rings (SSSR count). The average molecular weight is 252 g/mol. The standard InChI is InChI=1S/C11H14ClN5/c1-7-11(12)8(2)17(16-7)10-5-4-9(6-13-3)14-15-10/h4-5,13H,6H2,1-3H3. The SMILES string of the molecule is CNCc1ccc(-n2nc(C)c(Cl)c2C)nn1. The van der Waals surface area contributed by atoms with E-state index in [-0.39, 0.29) is 0 Å². The number of halogens is 1. The molecular weight excluding hydrogens is 238 g/mol. The Balaban J connectivity index is 2.36. The van der Waals surface area contributed by atoms with E-state index < -0.39 is 0 Å². The second-order valence-corrected chi connectivity index (χ2v) is 4.19. The van der Waals surface area contributed by atoms with Gasteiger partial charge in [-0.15, -0.1) is 5.10 Å². The first-order valence-electron chi connectivity index (χ1n) is 5.32. The Morgan fingerprint density at radius 3 is 2.53 bits per heavy atom. The van der Waals surface area contributed by atoms with Crippen molar-refractivity contribution in [3.63, 3.8) is 0 Å². The summed E-state index contributed by atoms with van der Waals surface area (Å²) >= 11 is 6.09. The van der Waals surface area contributed by atoms with E-state index in [0.29, 0.717) is 17.4 Å². The molecule has 0 spiro atoms. The van der Waals surface area contributed by atoms with Crippen LogP contribution in [0, 0.1) is 13.8 Å². The second kappa shape index (κ2) is 4.81. The second-order valence-electron chi connectivity index (χ2n) is 3.81. The molecule has 2 aromatic heterocycles. The predicted molar refractivity (Wildman–Crippen MR) is 66.4 cm³/mol. The summed E-state index contributed by atoms with van der Waals surface area (Å²) in [6, 6.07) is 3.80. The number of hydrogen-bond acceptors (Lipinski definition) is 4. The number of hydrogen-bond donors (Lipinski definition) is 1. The highest BCUT2D eigenvalue weighted by Gasteiger charge is 2.11. The van der Waals surface area contributed by atoms with E-state index in [4.69, 9.17) is 11.6 Å². The Morgan fingerprint density at radius 2 is 2.06 bits per heavy atom.